The summed E-state index contributed by atoms with van der Waals surface area (Å²) in [5.74, 6) is 0. The summed E-state index contributed by atoms with van der Waals surface area (Å²) in [5.41, 5.74) is 1.39. The van der Waals surface area contributed by atoms with Gasteiger partial charge in [-0.1, -0.05) is 17.7 Å². The summed E-state index contributed by atoms with van der Waals surface area (Å²) in [4.78, 5) is 8.35. The molecule has 0 radical (unpaired) electrons. The topological polar surface area (TPSA) is 25.8 Å². The Bertz CT molecular complexity index is 457. The quantitative estimate of drug-likeness (QED) is 0.608. The average Bonchev–Trinajstić information content (AvgIpc) is 2.30. The maximum Gasteiger partial charge on any atom is 0.116 e. The normalized spacial score (nSPS) is 24.8. The number of rotatable bonds is 0. The van der Waals surface area contributed by atoms with Crippen molar-refractivity contribution in [2.24, 2.45) is 0 Å². The summed E-state index contributed by atoms with van der Waals surface area (Å²) in [5, 5.41) is 2.23. The number of hydrogen-bond acceptors (Lipinski definition) is 2. The van der Waals surface area contributed by atoms with Crippen molar-refractivity contribution in [3.05, 3.63) is 35.2 Å². The molecule has 0 amide bonds. The smallest absolute Gasteiger partial charge is 0.116 e. The maximum absolute atomic E-state index is 4.27. The van der Waals surface area contributed by atoms with E-state index < -0.39 is 0 Å². The third-order valence-corrected chi connectivity index (χ3v) is 2.52. The van der Waals surface area contributed by atoms with Gasteiger partial charge < -0.3 is 0 Å². The van der Waals surface area contributed by atoms with Gasteiger partial charge in [0, 0.05) is 11.4 Å². The van der Waals surface area contributed by atoms with E-state index in [-0.39, 0.29) is 0 Å². The fourth-order valence-corrected chi connectivity index (χ4v) is 1.68. The number of hydrogen-bond donors (Lipinski definition) is 0. The van der Waals surface area contributed by atoms with Crippen LogP contribution in [0.5, 0.6) is 0 Å². The van der Waals surface area contributed by atoms with Gasteiger partial charge in [0.25, 0.3) is 0 Å². The summed E-state index contributed by atoms with van der Waals surface area (Å²) in [6.07, 6.45) is 13.4. The standard InChI is InChI=1S/C12H14N2/c1-10-6-4-2-3-5-7-12-11(10)8-13-9-14-12/h3,5,7-9H,2,4,6H2,1H3/b5-3-,11-10-,12-7+. The zero-order chi connectivity index (χ0) is 9.80. The average molecular weight is 186 g/mol. The summed E-state index contributed by atoms with van der Waals surface area (Å²) in [7, 11) is 0. The van der Waals surface area contributed by atoms with E-state index in [2.05, 4.69) is 35.1 Å². The Kier molecular flexibility index (Phi) is 2.73. The van der Waals surface area contributed by atoms with Crippen molar-refractivity contribution < 1.29 is 0 Å². The van der Waals surface area contributed by atoms with Gasteiger partial charge in [-0.05, 0) is 32.3 Å². The minimum Gasteiger partial charge on any atom is -0.244 e. The number of allylic oxidation sites excluding steroid dienone is 2. The summed E-state index contributed by atoms with van der Waals surface area (Å²) < 4.78 is 0. The van der Waals surface area contributed by atoms with Crippen molar-refractivity contribution in [1.82, 2.24) is 9.97 Å². The molecule has 0 aliphatic heterocycles. The molecule has 0 N–H and O–H groups in total. The number of nitrogens with zero attached hydrogens (tertiary/aromatic N) is 2. The van der Waals surface area contributed by atoms with E-state index in [1.165, 1.54) is 17.2 Å². The highest BCUT2D eigenvalue weighted by Gasteiger charge is 1.95. The fourth-order valence-electron chi connectivity index (χ4n) is 1.68. The van der Waals surface area contributed by atoms with Gasteiger partial charge in [0.1, 0.15) is 6.33 Å². The van der Waals surface area contributed by atoms with E-state index in [4.69, 9.17) is 0 Å². The van der Waals surface area contributed by atoms with E-state index in [0.717, 1.165) is 18.2 Å². The molecular weight excluding hydrogens is 172 g/mol. The molecule has 1 aromatic heterocycles. The lowest BCUT2D eigenvalue weighted by Gasteiger charge is -1.98. The molecule has 0 fully saturated rings. The van der Waals surface area contributed by atoms with Gasteiger partial charge in [-0.15, -0.1) is 0 Å². The Hall–Kier alpha value is -1.44. The van der Waals surface area contributed by atoms with Crippen LogP contribution in [0.15, 0.2) is 24.7 Å². The maximum atomic E-state index is 4.27. The first-order valence-corrected chi connectivity index (χ1v) is 5.00. The predicted octanol–water partition coefficient (Wildman–Crippen LogP) is 1.17. The highest BCUT2D eigenvalue weighted by Crippen LogP contribution is 2.06. The highest BCUT2D eigenvalue weighted by atomic mass is 14.8. The first-order valence-electron chi connectivity index (χ1n) is 5.00. The predicted molar refractivity (Wildman–Crippen MR) is 57.8 cm³/mol. The van der Waals surface area contributed by atoms with E-state index in [1.807, 2.05) is 6.20 Å². The van der Waals surface area contributed by atoms with Crippen LogP contribution < -0.4 is 10.6 Å². The van der Waals surface area contributed by atoms with Crippen LogP contribution in [0, 0.1) is 0 Å². The lowest BCUT2D eigenvalue weighted by atomic mass is 10.1. The van der Waals surface area contributed by atoms with Crippen molar-refractivity contribution >= 4 is 11.6 Å². The van der Waals surface area contributed by atoms with E-state index >= 15 is 0 Å². The third kappa shape index (κ3) is 1.90. The molecule has 0 saturated heterocycles. The molecule has 2 rings (SSSR count). The molecule has 72 valence electrons. The van der Waals surface area contributed by atoms with Gasteiger partial charge in [0.2, 0.25) is 0 Å². The number of fused-ring (bicyclic) bond motifs is 1. The summed E-state index contributed by atoms with van der Waals surface area (Å²) in [6.45, 7) is 2.17. The van der Waals surface area contributed by atoms with Gasteiger partial charge >= 0.3 is 0 Å². The van der Waals surface area contributed by atoms with Crippen molar-refractivity contribution in [3.8, 4) is 0 Å². The molecule has 14 heavy (non-hydrogen) atoms. The Morgan fingerprint density at radius 3 is 3.21 bits per heavy atom. The van der Waals surface area contributed by atoms with Gasteiger partial charge in [0.05, 0.1) is 5.35 Å². The molecule has 1 aromatic rings. The molecule has 1 heterocycles. The minimum atomic E-state index is 1.04. The van der Waals surface area contributed by atoms with Crippen molar-refractivity contribution in [1.29, 1.82) is 0 Å². The fraction of sp³-hybridized carbons (Fsp3) is 0.333. The van der Waals surface area contributed by atoms with Crippen LogP contribution in [-0.4, -0.2) is 9.97 Å². The van der Waals surface area contributed by atoms with Crippen LogP contribution >= 0.6 is 0 Å². The van der Waals surface area contributed by atoms with Gasteiger partial charge in [-0.3, -0.25) is 0 Å². The van der Waals surface area contributed by atoms with Crippen molar-refractivity contribution in [2.75, 3.05) is 0 Å². The van der Waals surface area contributed by atoms with Crippen molar-refractivity contribution in [2.45, 2.75) is 26.2 Å². The number of aromatic nitrogens is 2. The SMILES string of the molecule is C\C1=c2/cncn/c2=C/C=C\CCC1. The van der Waals surface area contributed by atoms with Gasteiger partial charge in [0.15, 0.2) is 0 Å². The second-order valence-electron chi connectivity index (χ2n) is 3.59. The van der Waals surface area contributed by atoms with E-state index in [0.29, 0.717) is 0 Å². The van der Waals surface area contributed by atoms with E-state index in [1.54, 1.807) is 6.33 Å². The molecule has 0 unspecified atom stereocenters. The first-order chi connectivity index (χ1) is 6.88. The van der Waals surface area contributed by atoms with Crippen LogP contribution in [0.2, 0.25) is 0 Å². The zero-order valence-electron chi connectivity index (χ0n) is 8.40. The first kappa shape index (κ1) is 9.13. The largest absolute Gasteiger partial charge is 0.244 e. The lowest BCUT2D eigenvalue weighted by Crippen LogP contribution is -2.29. The molecule has 0 spiro atoms. The van der Waals surface area contributed by atoms with Crippen molar-refractivity contribution in [3.63, 3.8) is 0 Å². The van der Waals surface area contributed by atoms with Crippen LogP contribution in [0.25, 0.3) is 11.6 Å². The second kappa shape index (κ2) is 4.18. The van der Waals surface area contributed by atoms with Gasteiger partial charge in [-0.25, -0.2) is 9.97 Å². The van der Waals surface area contributed by atoms with Crippen LogP contribution in [0.3, 0.4) is 0 Å². The summed E-state index contributed by atoms with van der Waals surface area (Å²) in [6, 6.07) is 0. The molecule has 2 nitrogen and oxygen atoms in total. The molecule has 1 aliphatic carbocycles. The Morgan fingerprint density at radius 2 is 2.29 bits per heavy atom. The van der Waals surface area contributed by atoms with Crippen LogP contribution in [0.1, 0.15) is 26.2 Å². The monoisotopic (exact) mass is 186 g/mol. The molecule has 1 aliphatic rings. The second-order valence-corrected chi connectivity index (χ2v) is 3.59. The zero-order valence-corrected chi connectivity index (χ0v) is 8.40. The molecule has 2 heteroatoms. The van der Waals surface area contributed by atoms with Crippen LogP contribution in [-0.2, 0) is 0 Å². The van der Waals surface area contributed by atoms with E-state index in [9.17, 15) is 0 Å². The Morgan fingerprint density at radius 1 is 1.36 bits per heavy atom. The van der Waals surface area contributed by atoms with Gasteiger partial charge in [-0.2, -0.15) is 0 Å². The molecule has 0 bridgehead atoms. The Labute approximate surface area is 83.7 Å². The Balaban J connectivity index is 2.71. The minimum absolute atomic E-state index is 1.04. The summed E-state index contributed by atoms with van der Waals surface area (Å²) >= 11 is 0. The molecular formula is C12H14N2. The van der Waals surface area contributed by atoms with Crippen LogP contribution in [0.4, 0.5) is 0 Å². The molecule has 0 atom stereocenters. The molecule has 0 saturated carbocycles. The highest BCUT2D eigenvalue weighted by molar-refractivity contribution is 5.44. The third-order valence-electron chi connectivity index (χ3n) is 2.52. The molecule has 0 aromatic carbocycles. The lowest BCUT2D eigenvalue weighted by molar-refractivity contribution is 0.872.